The van der Waals surface area contributed by atoms with E-state index in [1.807, 2.05) is 24.0 Å². The van der Waals surface area contributed by atoms with Crippen molar-refractivity contribution in [2.45, 2.75) is 70.5 Å². The van der Waals surface area contributed by atoms with Gasteiger partial charge < -0.3 is 15.2 Å². The molecule has 4 rings (SSSR count). The Morgan fingerprint density at radius 1 is 1.40 bits per heavy atom. The van der Waals surface area contributed by atoms with Crippen LogP contribution in [0.5, 0.6) is 5.75 Å². The standard InChI is InChI=1S/C27H37FN4O3/c1-3-23-20(9-6-13-29-23)25(27(33)34)32-15-12-18(17-32)22(28)11-5-4-8-19-16-24(35-2)21-10-7-14-30-26(21)31-19/h6,9,13,16,18,22,25H,3-5,7-8,10-12,14-15,17H2,1-2H3,(H,30,31)(H,33,34)/t18?,22-,25+/m1/s1. The van der Waals surface area contributed by atoms with E-state index in [9.17, 15) is 9.90 Å². The van der Waals surface area contributed by atoms with Gasteiger partial charge in [-0.1, -0.05) is 19.4 Å². The summed E-state index contributed by atoms with van der Waals surface area (Å²) in [4.78, 5) is 23.1. The lowest BCUT2D eigenvalue weighted by molar-refractivity contribution is -0.143. The molecule has 0 aliphatic carbocycles. The molecule has 190 valence electrons. The summed E-state index contributed by atoms with van der Waals surface area (Å²) in [7, 11) is 1.69. The molecule has 2 N–H and O–H groups in total. The molecule has 2 aromatic rings. The Balaban J connectivity index is 1.29. The van der Waals surface area contributed by atoms with Crippen molar-refractivity contribution in [1.82, 2.24) is 14.9 Å². The second-order valence-electron chi connectivity index (χ2n) is 9.61. The minimum Gasteiger partial charge on any atom is -0.496 e. The number of likely N-dealkylation sites (tertiary alicyclic amines) is 1. The van der Waals surface area contributed by atoms with Crippen LogP contribution in [0.3, 0.4) is 0 Å². The number of aliphatic carboxylic acids is 1. The van der Waals surface area contributed by atoms with E-state index >= 15 is 4.39 Å². The Hall–Kier alpha value is -2.74. The smallest absolute Gasteiger partial charge is 0.325 e. The number of carbonyl (C=O) groups is 1. The number of rotatable bonds is 11. The number of anilines is 1. The first-order valence-electron chi connectivity index (χ1n) is 12.9. The predicted octanol–water partition coefficient (Wildman–Crippen LogP) is 4.60. The van der Waals surface area contributed by atoms with Crippen LogP contribution in [0.2, 0.25) is 0 Å². The summed E-state index contributed by atoms with van der Waals surface area (Å²) in [5.74, 6) is 0.781. The zero-order valence-electron chi connectivity index (χ0n) is 20.8. The molecular formula is C27H37FN4O3. The molecular weight excluding hydrogens is 447 g/mol. The number of hydrogen-bond acceptors (Lipinski definition) is 6. The fourth-order valence-electron chi connectivity index (χ4n) is 5.48. The number of carboxylic acid groups (broad SMARTS) is 1. The Morgan fingerprint density at radius 2 is 2.26 bits per heavy atom. The van der Waals surface area contributed by atoms with Crippen molar-refractivity contribution in [2.75, 3.05) is 32.1 Å². The van der Waals surface area contributed by atoms with Gasteiger partial charge in [0.05, 0.1) is 7.11 Å². The highest BCUT2D eigenvalue weighted by Gasteiger charge is 2.37. The van der Waals surface area contributed by atoms with Crippen molar-refractivity contribution in [3.8, 4) is 5.75 Å². The van der Waals surface area contributed by atoms with Gasteiger partial charge in [-0.15, -0.1) is 0 Å². The lowest BCUT2D eigenvalue weighted by Crippen LogP contribution is -2.34. The molecule has 1 saturated heterocycles. The molecule has 0 bridgehead atoms. The first-order valence-corrected chi connectivity index (χ1v) is 12.9. The molecule has 35 heavy (non-hydrogen) atoms. The molecule has 4 heterocycles. The van der Waals surface area contributed by atoms with Crippen molar-refractivity contribution in [3.63, 3.8) is 0 Å². The largest absolute Gasteiger partial charge is 0.496 e. The molecule has 8 heteroatoms. The summed E-state index contributed by atoms with van der Waals surface area (Å²) in [6.45, 7) is 3.95. The highest BCUT2D eigenvalue weighted by Crippen LogP contribution is 2.34. The minimum absolute atomic E-state index is 0.134. The van der Waals surface area contributed by atoms with E-state index in [2.05, 4.69) is 10.3 Å². The molecule has 0 amide bonds. The SMILES string of the molecule is CCc1ncccc1[C@@H](C(=O)O)N1CCC([C@H](F)CCCCc2cc(OC)c3c(n2)NCCC3)C1. The zero-order valence-corrected chi connectivity index (χ0v) is 20.8. The zero-order chi connectivity index (χ0) is 24.8. The molecule has 0 radical (unpaired) electrons. The number of halogens is 1. The van der Waals surface area contributed by atoms with Crippen molar-refractivity contribution in [2.24, 2.45) is 5.92 Å². The number of hydrogen-bond donors (Lipinski definition) is 2. The van der Waals surface area contributed by atoms with Gasteiger partial charge in [0.15, 0.2) is 0 Å². The number of alkyl halides is 1. The van der Waals surface area contributed by atoms with E-state index in [4.69, 9.17) is 9.72 Å². The molecule has 2 aliphatic heterocycles. The highest BCUT2D eigenvalue weighted by atomic mass is 19.1. The van der Waals surface area contributed by atoms with Crippen molar-refractivity contribution < 1.29 is 19.0 Å². The number of methoxy groups -OCH3 is 1. The monoisotopic (exact) mass is 484 g/mol. The van der Waals surface area contributed by atoms with Gasteiger partial charge in [-0.25, -0.2) is 9.37 Å². The third kappa shape index (κ3) is 5.92. The molecule has 0 saturated carbocycles. The molecule has 0 aromatic carbocycles. The second-order valence-corrected chi connectivity index (χ2v) is 9.61. The molecule has 2 aliphatic rings. The number of fused-ring (bicyclic) bond motifs is 1. The van der Waals surface area contributed by atoms with E-state index in [0.29, 0.717) is 32.4 Å². The van der Waals surface area contributed by atoms with Gasteiger partial charge >= 0.3 is 5.97 Å². The number of nitrogens with zero attached hydrogens (tertiary/aromatic N) is 3. The quantitative estimate of drug-likeness (QED) is 0.451. The van der Waals surface area contributed by atoms with Crippen LogP contribution in [0.25, 0.3) is 0 Å². The number of ether oxygens (including phenoxy) is 1. The third-order valence-electron chi connectivity index (χ3n) is 7.34. The number of aromatic nitrogens is 2. The minimum atomic E-state index is -0.929. The van der Waals surface area contributed by atoms with E-state index in [1.54, 1.807) is 19.4 Å². The predicted molar refractivity (Wildman–Crippen MR) is 134 cm³/mol. The fourth-order valence-corrected chi connectivity index (χ4v) is 5.48. The van der Waals surface area contributed by atoms with Crippen molar-refractivity contribution in [3.05, 3.63) is 46.9 Å². The van der Waals surface area contributed by atoms with Crippen LogP contribution >= 0.6 is 0 Å². The van der Waals surface area contributed by atoms with E-state index < -0.39 is 18.2 Å². The average Bonchev–Trinajstić information content (AvgIpc) is 3.36. The fraction of sp³-hybridized carbons (Fsp3) is 0.593. The van der Waals surface area contributed by atoms with Crippen LogP contribution in [0.4, 0.5) is 10.2 Å². The molecule has 1 fully saturated rings. The molecule has 1 unspecified atom stereocenters. The normalized spacial score (nSPS) is 19.6. The van der Waals surface area contributed by atoms with Crippen LogP contribution in [-0.4, -0.2) is 58.9 Å². The number of aryl methyl sites for hydroxylation is 2. The maximum atomic E-state index is 15.1. The number of nitrogens with one attached hydrogen (secondary N) is 1. The number of pyridine rings is 2. The van der Waals surface area contributed by atoms with Gasteiger partial charge in [-0.2, -0.15) is 0 Å². The molecule has 7 nitrogen and oxygen atoms in total. The van der Waals surface area contributed by atoms with Crippen LogP contribution in [0.15, 0.2) is 24.4 Å². The summed E-state index contributed by atoms with van der Waals surface area (Å²) >= 11 is 0. The van der Waals surface area contributed by atoms with Gasteiger partial charge in [-0.05, 0) is 57.6 Å². The summed E-state index contributed by atoms with van der Waals surface area (Å²) in [5.41, 5.74) is 3.64. The summed E-state index contributed by atoms with van der Waals surface area (Å²) in [6, 6.07) is 4.86. The van der Waals surface area contributed by atoms with Crippen LogP contribution < -0.4 is 10.1 Å². The summed E-state index contributed by atoms with van der Waals surface area (Å²) in [5, 5.41) is 13.3. The maximum absolute atomic E-state index is 15.1. The molecule has 2 aromatic heterocycles. The van der Waals surface area contributed by atoms with Gasteiger partial charge in [0.25, 0.3) is 0 Å². The summed E-state index contributed by atoms with van der Waals surface area (Å²) in [6.07, 6.45) is 7.09. The first-order chi connectivity index (χ1) is 17.0. The first kappa shape index (κ1) is 25.4. The van der Waals surface area contributed by atoms with Crippen LogP contribution in [-0.2, 0) is 24.1 Å². The Morgan fingerprint density at radius 3 is 3.03 bits per heavy atom. The van der Waals surface area contributed by atoms with Crippen molar-refractivity contribution in [1.29, 1.82) is 0 Å². The van der Waals surface area contributed by atoms with E-state index in [1.165, 1.54) is 0 Å². The lowest BCUT2D eigenvalue weighted by atomic mass is 9.97. The number of unbranched alkanes of at least 4 members (excludes halogenated alkanes) is 1. The van der Waals surface area contributed by atoms with E-state index in [-0.39, 0.29) is 5.92 Å². The average molecular weight is 485 g/mol. The van der Waals surface area contributed by atoms with Gasteiger partial charge in [0.1, 0.15) is 23.8 Å². The second kappa shape index (κ2) is 11.8. The maximum Gasteiger partial charge on any atom is 0.325 e. The van der Waals surface area contributed by atoms with Crippen LogP contribution in [0, 0.1) is 5.92 Å². The highest BCUT2D eigenvalue weighted by molar-refractivity contribution is 5.76. The Kier molecular flexibility index (Phi) is 8.55. The lowest BCUT2D eigenvalue weighted by Gasteiger charge is -2.26. The number of carboxylic acids is 1. The Labute approximate surface area is 207 Å². The third-order valence-corrected chi connectivity index (χ3v) is 7.34. The van der Waals surface area contributed by atoms with Crippen molar-refractivity contribution >= 4 is 11.8 Å². The molecule has 3 atom stereocenters. The topological polar surface area (TPSA) is 87.6 Å². The van der Waals surface area contributed by atoms with Gasteiger partial charge in [0, 0.05) is 53.8 Å². The summed E-state index contributed by atoms with van der Waals surface area (Å²) < 4.78 is 20.7. The van der Waals surface area contributed by atoms with Gasteiger partial charge in [0.2, 0.25) is 0 Å². The Bertz CT molecular complexity index is 1000. The molecule has 0 spiro atoms. The van der Waals surface area contributed by atoms with Crippen LogP contribution in [0.1, 0.15) is 67.6 Å². The van der Waals surface area contributed by atoms with E-state index in [0.717, 1.165) is 72.7 Å². The van der Waals surface area contributed by atoms with Gasteiger partial charge in [-0.3, -0.25) is 14.7 Å².